The standard InChI is InChI=1S/C13H22N6O2/c1-3-21-13-18-11(14-2)17-12(19-13)15-8-4-5-10(20)16-9-6-7-9/h9H,3-8H2,1-2H3,(H,16,20)(H2,14,15,17,18,19). The summed E-state index contributed by atoms with van der Waals surface area (Å²) in [6.07, 6.45) is 3.46. The highest BCUT2D eigenvalue weighted by atomic mass is 16.5. The third-order valence-electron chi connectivity index (χ3n) is 2.92. The molecular weight excluding hydrogens is 272 g/mol. The van der Waals surface area contributed by atoms with E-state index in [1.807, 2.05) is 6.92 Å². The lowest BCUT2D eigenvalue weighted by molar-refractivity contribution is -0.121. The fraction of sp³-hybridized carbons (Fsp3) is 0.692. The molecule has 0 spiro atoms. The van der Waals surface area contributed by atoms with Crippen LogP contribution in [-0.4, -0.2) is 47.1 Å². The van der Waals surface area contributed by atoms with Gasteiger partial charge in [-0.3, -0.25) is 4.79 Å². The zero-order chi connectivity index (χ0) is 15.1. The van der Waals surface area contributed by atoms with Crippen molar-refractivity contribution in [3.8, 4) is 6.01 Å². The normalized spacial score (nSPS) is 13.6. The van der Waals surface area contributed by atoms with Gasteiger partial charge in [0.2, 0.25) is 17.8 Å². The van der Waals surface area contributed by atoms with Crippen LogP contribution in [0.15, 0.2) is 0 Å². The molecule has 116 valence electrons. The molecule has 1 heterocycles. The second-order valence-corrected chi connectivity index (χ2v) is 4.82. The fourth-order valence-corrected chi connectivity index (χ4v) is 1.72. The van der Waals surface area contributed by atoms with Crippen molar-refractivity contribution in [3.63, 3.8) is 0 Å². The van der Waals surface area contributed by atoms with Crippen molar-refractivity contribution in [1.29, 1.82) is 0 Å². The Kier molecular flexibility index (Phi) is 5.53. The number of carbonyl (C=O) groups excluding carboxylic acids is 1. The molecule has 0 radical (unpaired) electrons. The Morgan fingerprint density at radius 1 is 1.29 bits per heavy atom. The molecule has 1 amide bonds. The average molecular weight is 294 g/mol. The topological polar surface area (TPSA) is 101 Å². The van der Waals surface area contributed by atoms with Crippen molar-refractivity contribution in [2.45, 2.75) is 38.6 Å². The number of anilines is 2. The fourth-order valence-electron chi connectivity index (χ4n) is 1.72. The highest BCUT2D eigenvalue weighted by Gasteiger charge is 2.22. The minimum Gasteiger partial charge on any atom is -0.464 e. The summed E-state index contributed by atoms with van der Waals surface area (Å²) >= 11 is 0. The lowest BCUT2D eigenvalue weighted by Gasteiger charge is -2.08. The molecule has 1 aliphatic carbocycles. The van der Waals surface area contributed by atoms with Gasteiger partial charge in [0, 0.05) is 26.1 Å². The van der Waals surface area contributed by atoms with E-state index in [-0.39, 0.29) is 11.9 Å². The number of hydrogen-bond acceptors (Lipinski definition) is 7. The van der Waals surface area contributed by atoms with Crippen molar-refractivity contribution >= 4 is 17.8 Å². The molecule has 21 heavy (non-hydrogen) atoms. The maximum Gasteiger partial charge on any atom is 0.323 e. The van der Waals surface area contributed by atoms with Gasteiger partial charge in [0.1, 0.15) is 0 Å². The van der Waals surface area contributed by atoms with E-state index in [1.54, 1.807) is 7.05 Å². The number of nitrogens with one attached hydrogen (secondary N) is 3. The first kappa shape index (κ1) is 15.3. The highest BCUT2D eigenvalue weighted by molar-refractivity contribution is 5.76. The van der Waals surface area contributed by atoms with Crippen LogP contribution in [0.25, 0.3) is 0 Å². The first-order valence-corrected chi connectivity index (χ1v) is 7.31. The summed E-state index contributed by atoms with van der Waals surface area (Å²) in [6.45, 7) is 2.99. The molecule has 8 nitrogen and oxygen atoms in total. The molecule has 0 atom stereocenters. The van der Waals surface area contributed by atoms with Crippen LogP contribution in [0, 0.1) is 0 Å². The first-order valence-electron chi connectivity index (χ1n) is 7.31. The Hall–Kier alpha value is -2.12. The summed E-state index contributed by atoms with van der Waals surface area (Å²) in [5, 5.41) is 8.90. The molecule has 1 aliphatic rings. The van der Waals surface area contributed by atoms with Gasteiger partial charge in [-0.15, -0.1) is 0 Å². The number of aromatic nitrogens is 3. The first-order chi connectivity index (χ1) is 10.2. The number of hydrogen-bond donors (Lipinski definition) is 3. The zero-order valence-corrected chi connectivity index (χ0v) is 12.5. The van der Waals surface area contributed by atoms with Crippen molar-refractivity contribution in [2.75, 3.05) is 30.8 Å². The van der Waals surface area contributed by atoms with Crippen molar-refractivity contribution in [1.82, 2.24) is 20.3 Å². The van der Waals surface area contributed by atoms with Gasteiger partial charge in [-0.1, -0.05) is 0 Å². The summed E-state index contributed by atoms with van der Waals surface area (Å²) in [7, 11) is 1.73. The predicted molar refractivity (Wildman–Crippen MR) is 79.4 cm³/mol. The van der Waals surface area contributed by atoms with Gasteiger partial charge >= 0.3 is 6.01 Å². The highest BCUT2D eigenvalue weighted by Crippen LogP contribution is 2.18. The van der Waals surface area contributed by atoms with Crippen LogP contribution in [0.3, 0.4) is 0 Å². The molecule has 1 saturated carbocycles. The van der Waals surface area contributed by atoms with Crippen LogP contribution in [-0.2, 0) is 4.79 Å². The summed E-state index contributed by atoms with van der Waals surface area (Å²) in [6, 6.07) is 0.701. The van der Waals surface area contributed by atoms with Crippen LogP contribution < -0.4 is 20.7 Å². The van der Waals surface area contributed by atoms with E-state index in [4.69, 9.17) is 4.74 Å². The van der Waals surface area contributed by atoms with Crippen LogP contribution in [0.2, 0.25) is 0 Å². The largest absolute Gasteiger partial charge is 0.464 e. The van der Waals surface area contributed by atoms with Gasteiger partial charge in [0.15, 0.2) is 0 Å². The zero-order valence-electron chi connectivity index (χ0n) is 12.5. The monoisotopic (exact) mass is 294 g/mol. The molecule has 0 unspecified atom stereocenters. The molecule has 0 bridgehead atoms. The maximum absolute atomic E-state index is 11.5. The van der Waals surface area contributed by atoms with E-state index in [2.05, 4.69) is 30.9 Å². The average Bonchev–Trinajstić information content (AvgIpc) is 3.27. The van der Waals surface area contributed by atoms with E-state index in [9.17, 15) is 4.79 Å². The number of nitrogens with zero attached hydrogens (tertiary/aromatic N) is 3. The van der Waals surface area contributed by atoms with E-state index in [0.29, 0.717) is 37.5 Å². The molecular formula is C13H22N6O2. The molecule has 0 aliphatic heterocycles. The lowest BCUT2D eigenvalue weighted by Crippen LogP contribution is -2.25. The molecule has 1 aromatic rings. The van der Waals surface area contributed by atoms with Crippen LogP contribution in [0.5, 0.6) is 6.01 Å². The van der Waals surface area contributed by atoms with Crippen LogP contribution >= 0.6 is 0 Å². The van der Waals surface area contributed by atoms with Crippen molar-refractivity contribution in [2.24, 2.45) is 0 Å². The minimum absolute atomic E-state index is 0.112. The smallest absolute Gasteiger partial charge is 0.323 e. The third-order valence-corrected chi connectivity index (χ3v) is 2.92. The van der Waals surface area contributed by atoms with Gasteiger partial charge in [0.05, 0.1) is 6.61 Å². The van der Waals surface area contributed by atoms with Gasteiger partial charge in [0.25, 0.3) is 0 Å². The molecule has 2 rings (SSSR count). The summed E-state index contributed by atoms with van der Waals surface area (Å²) in [5.74, 6) is 1.00. The second kappa shape index (κ2) is 7.61. The molecule has 1 aromatic heterocycles. The molecule has 0 aromatic carbocycles. The van der Waals surface area contributed by atoms with Gasteiger partial charge in [-0.25, -0.2) is 0 Å². The van der Waals surface area contributed by atoms with E-state index < -0.39 is 0 Å². The van der Waals surface area contributed by atoms with Crippen LogP contribution in [0.1, 0.15) is 32.6 Å². The predicted octanol–water partition coefficient (Wildman–Crippen LogP) is 0.783. The minimum atomic E-state index is 0.112. The van der Waals surface area contributed by atoms with E-state index >= 15 is 0 Å². The number of amides is 1. The van der Waals surface area contributed by atoms with E-state index in [0.717, 1.165) is 19.3 Å². The third kappa shape index (κ3) is 5.41. The van der Waals surface area contributed by atoms with Gasteiger partial charge in [-0.05, 0) is 26.2 Å². The van der Waals surface area contributed by atoms with Gasteiger partial charge < -0.3 is 20.7 Å². The Bertz CT molecular complexity index is 478. The molecule has 8 heteroatoms. The van der Waals surface area contributed by atoms with Crippen molar-refractivity contribution < 1.29 is 9.53 Å². The second-order valence-electron chi connectivity index (χ2n) is 4.82. The summed E-state index contributed by atoms with van der Waals surface area (Å²) in [4.78, 5) is 23.9. The Labute approximate surface area is 124 Å². The lowest BCUT2D eigenvalue weighted by atomic mass is 10.3. The Morgan fingerprint density at radius 3 is 2.71 bits per heavy atom. The molecule has 3 N–H and O–H groups in total. The van der Waals surface area contributed by atoms with E-state index in [1.165, 1.54) is 0 Å². The quantitative estimate of drug-likeness (QED) is 0.579. The number of carbonyl (C=O) groups is 1. The van der Waals surface area contributed by atoms with Crippen molar-refractivity contribution in [3.05, 3.63) is 0 Å². The summed E-state index contributed by atoms with van der Waals surface area (Å²) < 4.78 is 5.28. The van der Waals surface area contributed by atoms with Crippen LogP contribution in [0.4, 0.5) is 11.9 Å². The Balaban J connectivity index is 1.75. The summed E-state index contributed by atoms with van der Waals surface area (Å²) in [5.41, 5.74) is 0. The SMILES string of the molecule is CCOc1nc(NC)nc(NCCCC(=O)NC2CC2)n1. The number of rotatable bonds is 9. The number of ether oxygens (including phenoxy) is 1. The van der Waals surface area contributed by atoms with Gasteiger partial charge in [-0.2, -0.15) is 15.0 Å². The Morgan fingerprint density at radius 2 is 2.05 bits per heavy atom. The maximum atomic E-state index is 11.5. The molecule has 0 saturated heterocycles. The molecule has 1 fully saturated rings.